The normalized spacial score (nSPS) is 33.1. The van der Waals surface area contributed by atoms with E-state index in [1.54, 1.807) is 0 Å². The number of anilines is 1. The summed E-state index contributed by atoms with van der Waals surface area (Å²) in [5.74, 6) is 0.0568. The zero-order valence-corrected chi connectivity index (χ0v) is 24.9. The van der Waals surface area contributed by atoms with Crippen molar-refractivity contribution < 1.29 is 66.6 Å². The van der Waals surface area contributed by atoms with E-state index >= 15 is 0 Å². The van der Waals surface area contributed by atoms with Crippen molar-refractivity contribution in [1.29, 1.82) is 5.41 Å². The lowest BCUT2D eigenvalue weighted by Gasteiger charge is -2.24. The topological polar surface area (TPSA) is 330 Å². The molecule has 0 radical (unpaired) electrons. The van der Waals surface area contributed by atoms with Gasteiger partial charge >= 0.3 is 15.6 Å². The van der Waals surface area contributed by atoms with Crippen molar-refractivity contribution in [2.45, 2.75) is 68.0 Å². The van der Waals surface area contributed by atoms with Gasteiger partial charge in [0, 0.05) is 6.54 Å². The number of aliphatic hydroxyl groups is 3. The third-order valence-corrected chi connectivity index (χ3v) is 9.85. The molecule has 0 aliphatic carbocycles. The predicted molar refractivity (Wildman–Crippen MR) is 146 cm³/mol. The van der Waals surface area contributed by atoms with Gasteiger partial charge in [0.05, 0.1) is 25.6 Å². The summed E-state index contributed by atoms with van der Waals surface area (Å²) in [4.78, 5) is 44.1. The highest BCUT2D eigenvalue weighted by molar-refractivity contribution is 7.61. The maximum absolute atomic E-state index is 12.5. The van der Waals surface area contributed by atoms with E-state index in [2.05, 4.69) is 19.3 Å². The fraction of sp³-hybridized carbons (Fsp3) is 0.667. The van der Waals surface area contributed by atoms with Gasteiger partial charge in [-0.05, 0) is 12.8 Å². The predicted octanol–water partition coefficient (Wildman–Crippen LogP) is -2.69. The van der Waals surface area contributed by atoms with Gasteiger partial charge < -0.3 is 55.6 Å². The van der Waals surface area contributed by atoms with Gasteiger partial charge in [-0.1, -0.05) is 0 Å². The number of imidazole rings is 1. The summed E-state index contributed by atoms with van der Waals surface area (Å²) >= 11 is 0. The second-order valence-corrected chi connectivity index (χ2v) is 13.4. The van der Waals surface area contributed by atoms with E-state index in [1.807, 2.05) is 0 Å². The van der Waals surface area contributed by atoms with Gasteiger partial charge in [-0.3, -0.25) is 23.9 Å². The Kier molecular flexibility index (Phi) is 9.88. The first-order valence-electron chi connectivity index (χ1n) is 13.4. The molecule has 22 nitrogen and oxygen atoms in total. The Morgan fingerprint density at radius 1 is 1.02 bits per heavy atom. The average Bonchev–Trinajstić information content (AvgIpc) is 3.70. The Morgan fingerprint density at radius 3 is 2.33 bits per heavy atom. The van der Waals surface area contributed by atoms with Crippen molar-refractivity contribution in [3.05, 3.63) is 12.7 Å². The number of hydrogen-bond acceptors (Lipinski definition) is 18. The minimum atomic E-state index is -5.34. The van der Waals surface area contributed by atoms with Crippen molar-refractivity contribution in [3.8, 4) is 0 Å². The lowest BCUT2D eigenvalue weighted by molar-refractivity contribution is -0.109. The molecule has 250 valence electrons. The first kappa shape index (κ1) is 33.7. The Labute approximate surface area is 253 Å². The summed E-state index contributed by atoms with van der Waals surface area (Å²) < 4.78 is 56.5. The maximum atomic E-state index is 12.5. The number of aromatic nitrogens is 4. The van der Waals surface area contributed by atoms with E-state index in [0.717, 1.165) is 6.33 Å². The summed E-state index contributed by atoms with van der Waals surface area (Å²) in [6.07, 6.45) is -6.90. The van der Waals surface area contributed by atoms with Crippen LogP contribution >= 0.6 is 15.6 Å². The molecular weight excluding hydrogens is 650 g/mol. The molecule has 2 aromatic rings. The number of rotatable bonds is 14. The van der Waals surface area contributed by atoms with Crippen LogP contribution in [0.15, 0.2) is 12.7 Å². The molecule has 24 heteroatoms. The highest BCUT2D eigenvalue weighted by atomic mass is 31.3. The maximum Gasteiger partial charge on any atom is 0.481 e. The van der Waals surface area contributed by atoms with Crippen LogP contribution in [0.3, 0.4) is 0 Å². The number of hydrogen-bond donors (Lipinski definition) is 8. The van der Waals surface area contributed by atoms with E-state index in [0.29, 0.717) is 19.1 Å². The number of phosphoric acid groups is 2. The Hall–Kier alpha value is -2.69. The van der Waals surface area contributed by atoms with Crippen molar-refractivity contribution in [1.82, 2.24) is 24.4 Å². The van der Waals surface area contributed by atoms with Gasteiger partial charge in [0.1, 0.15) is 48.7 Å². The quantitative estimate of drug-likeness (QED) is 0.0742. The molecule has 10 N–H and O–H groups in total. The van der Waals surface area contributed by atoms with E-state index in [1.165, 1.54) is 15.8 Å². The van der Waals surface area contributed by atoms with E-state index < -0.39 is 84.0 Å². The summed E-state index contributed by atoms with van der Waals surface area (Å²) in [6.45, 7) is -1.47. The van der Waals surface area contributed by atoms with Crippen LogP contribution in [0.1, 0.15) is 19.1 Å². The summed E-state index contributed by atoms with van der Waals surface area (Å²) in [6, 6.07) is -0.970. The number of nitrogens with two attached hydrogens (primary N) is 2. The molecule has 0 saturated carbocycles. The monoisotopic (exact) mass is 682 g/mol. The third-order valence-electron chi connectivity index (χ3n) is 7.25. The lowest BCUT2D eigenvalue weighted by Crippen LogP contribution is -2.38. The minimum Gasteiger partial charge on any atom is -0.454 e. The summed E-state index contributed by atoms with van der Waals surface area (Å²) in [5, 5.41) is 39.4. The van der Waals surface area contributed by atoms with Crippen LogP contribution in [0.2, 0.25) is 0 Å². The first-order chi connectivity index (χ1) is 21.2. The number of ether oxygens (including phenoxy) is 3. The van der Waals surface area contributed by atoms with Gasteiger partial charge in [-0.15, -0.1) is 0 Å². The van der Waals surface area contributed by atoms with Crippen molar-refractivity contribution in [2.75, 3.05) is 25.5 Å². The fourth-order valence-electron chi connectivity index (χ4n) is 5.01. The zero-order valence-electron chi connectivity index (χ0n) is 23.2. The largest absolute Gasteiger partial charge is 0.481 e. The fourth-order valence-corrected chi connectivity index (χ4v) is 7.10. The lowest BCUT2D eigenvalue weighted by atomic mass is 10.1. The molecule has 2 aromatic heterocycles. The van der Waals surface area contributed by atoms with Gasteiger partial charge in [0.2, 0.25) is 0 Å². The summed E-state index contributed by atoms with van der Waals surface area (Å²) in [7, 11) is -10.7. The van der Waals surface area contributed by atoms with Crippen LogP contribution in [-0.2, 0) is 41.5 Å². The van der Waals surface area contributed by atoms with Crippen LogP contribution in [0, 0.1) is 5.41 Å². The van der Waals surface area contributed by atoms with Crippen LogP contribution in [0.5, 0.6) is 0 Å². The van der Waals surface area contributed by atoms with Crippen LogP contribution in [0.25, 0.3) is 11.2 Å². The smallest absolute Gasteiger partial charge is 0.454 e. The van der Waals surface area contributed by atoms with Crippen molar-refractivity contribution >= 4 is 44.9 Å². The standard InChI is InChI=1S/C21H32N8O14P2/c22-9(4-30)2-1-3-28-20-16(42-21(28)24)14(32)11(41-20)6-39-45(36,37)43-44(34,35)38-5-10-13(31)15(33)19(40-10)29-8-27-12-17(23)25-7-26-18(12)29/h4,7-11,13-16,19-20,24,31-33H,1-3,5-6,22H2,(H,34,35)(H,36,37)(H2,23,25,26)/t9-,10-,11-,13-,14-,15-,16-,19-,20+/m1/s1. The molecule has 2 unspecified atom stereocenters. The second-order valence-electron chi connectivity index (χ2n) is 10.3. The van der Waals surface area contributed by atoms with Gasteiger partial charge in [0.15, 0.2) is 30.0 Å². The van der Waals surface area contributed by atoms with Crippen LogP contribution < -0.4 is 11.5 Å². The molecule has 0 aromatic carbocycles. The number of aliphatic hydroxyl groups excluding tert-OH is 3. The number of phosphoric ester groups is 2. The number of amidine groups is 1. The average molecular weight is 682 g/mol. The molecule has 5 heterocycles. The Morgan fingerprint density at radius 2 is 1.67 bits per heavy atom. The second kappa shape index (κ2) is 13.2. The number of carbonyl (C=O) groups excluding carboxylic acids is 1. The van der Waals surface area contributed by atoms with E-state index in [4.69, 9.17) is 40.1 Å². The van der Waals surface area contributed by atoms with E-state index in [9.17, 15) is 39.0 Å². The molecule has 3 aliphatic rings. The number of carbonyl (C=O) groups is 1. The first-order valence-corrected chi connectivity index (χ1v) is 16.4. The third kappa shape index (κ3) is 7.18. The number of nitrogen functional groups attached to an aromatic ring is 1. The molecule has 11 atom stereocenters. The molecule has 45 heavy (non-hydrogen) atoms. The molecule has 3 saturated heterocycles. The Bertz CT molecular complexity index is 1500. The molecule has 0 bridgehead atoms. The molecule has 3 aliphatic heterocycles. The SMILES string of the molecule is N=C1O[C@@H]2[C@H](O)[C@@H](COP(=O)(O)OP(=O)(O)OC[C@H]3O[C@@H](n4cnc5c(N)ncnc54)[C@H](O)[C@@H]3O)O[C@@H]2N1CCC[C@@H](N)C=O. The van der Waals surface area contributed by atoms with Gasteiger partial charge in [0.25, 0.3) is 6.02 Å². The van der Waals surface area contributed by atoms with Gasteiger partial charge in [-0.25, -0.2) is 24.1 Å². The van der Waals surface area contributed by atoms with E-state index in [-0.39, 0.29) is 29.5 Å². The van der Waals surface area contributed by atoms with Crippen LogP contribution in [-0.4, -0.2) is 130 Å². The minimum absolute atomic E-state index is 0.0568. The number of aldehydes is 1. The zero-order chi connectivity index (χ0) is 32.7. The van der Waals surface area contributed by atoms with Crippen molar-refractivity contribution in [3.63, 3.8) is 0 Å². The highest BCUT2D eigenvalue weighted by Gasteiger charge is 2.54. The van der Waals surface area contributed by atoms with Crippen LogP contribution in [0.4, 0.5) is 5.82 Å². The molecule has 0 spiro atoms. The Balaban J connectivity index is 1.12. The molecule has 5 rings (SSSR count). The van der Waals surface area contributed by atoms with Gasteiger partial charge in [-0.2, -0.15) is 4.31 Å². The van der Waals surface area contributed by atoms with Crippen molar-refractivity contribution in [2.24, 2.45) is 5.73 Å². The highest BCUT2D eigenvalue weighted by Crippen LogP contribution is 2.60. The molecule has 0 amide bonds. The number of nitrogens with one attached hydrogen (secondary N) is 1. The number of nitrogens with zero attached hydrogens (tertiary/aromatic N) is 5. The number of fused-ring (bicyclic) bond motifs is 2. The molecule has 3 fully saturated rings. The summed E-state index contributed by atoms with van der Waals surface area (Å²) in [5.41, 5.74) is 11.7. The molecular formula is C21H32N8O14P2.